The molecule has 0 fully saturated rings. The van der Waals surface area contributed by atoms with Gasteiger partial charge in [0.15, 0.2) is 0 Å². The fraction of sp³-hybridized carbons (Fsp3) is 0.120. The molecule has 7 nitrogen and oxygen atoms in total. The van der Waals surface area contributed by atoms with Gasteiger partial charge in [-0.2, -0.15) is 7.47 Å². The molecule has 0 saturated heterocycles. The molecule has 9 aromatic rings. The molecule has 0 spiro atoms. The van der Waals surface area contributed by atoms with Crippen LogP contribution >= 0.6 is 8.00 Å². The van der Waals surface area contributed by atoms with Crippen molar-refractivity contribution in [1.29, 1.82) is 0 Å². The lowest BCUT2D eigenvalue weighted by molar-refractivity contribution is 0.587. The maximum absolute atomic E-state index is 16.1. The minimum atomic E-state index is -4.55. The summed E-state index contributed by atoms with van der Waals surface area (Å²) in [6.45, 7) is 7.91. The second-order valence-corrected chi connectivity index (χ2v) is 21.2. The van der Waals surface area contributed by atoms with Crippen LogP contribution in [0.2, 0.25) is 0 Å². The Hall–Kier alpha value is -5.96. The zero-order valence-electron chi connectivity index (χ0n) is 33.7. The first-order chi connectivity index (χ1) is 29.0. The highest BCUT2D eigenvalue weighted by molar-refractivity contribution is 7.96. The maximum atomic E-state index is 16.1. The van der Waals surface area contributed by atoms with Gasteiger partial charge in [-0.3, -0.25) is 0 Å². The molecule has 1 heterocycles. The van der Waals surface area contributed by atoms with Crippen molar-refractivity contribution in [2.75, 3.05) is 4.67 Å². The Morgan fingerprint density at radius 1 is 0.433 bits per heavy atom. The van der Waals surface area contributed by atoms with Gasteiger partial charge in [-0.05, 0) is 96.8 Å². The van der Waals surface area contributed by atoms with Gasteiger partial charge >= 0.3 is 0 Å². The summed E-state index contributed by atoms with van der Waals surface area (Å²) in [5.74, 6) is 0. The van der Waals surface area contributed by atoms with Gasteiger partial charge < -0.3 is 0 Å². The smallest absolute Gasteiger partial charge is 0.218 e. The van der Waals surface area contributed by atoms with Gasteiger partial charge in [0.05, 0.1) is 20.8 Å². The lowest BCUT2D eigenvalue weighted by Gasteiger charge is -2.37. The van der Waals surface area contributed by atoms with Crippen LogP contribution in [-0.4, -0.2) is 24.3 Å². The van der Waals surface area contributed by atoms with Crippen LogP contribution in [0.25, 0.3) is 43.4 Å². The number of hydrogen-bond acceptors (Lipinski definition) is 5. The summed E-state index contributed by atoms with van der Waals surface area (Å²) in [6.07, 6.45) is 0. The molecule has 10 heteroatoms. The summed E-state index contributed by atoms with van der Waals surface area (Å²) in [5, 5.41) is 4.69. The predicted molar refractivity (Wildman–Crippen MR) is 248 cm³/mol. The molecule has 0 bridgehead atoms. The number of fused-ring (bicyclic) bond motifs is 7. The predicted octanol–water partition coefficient (Wildman–Crippen LogP) is 12.6. The molecule has 1 aromatic heterocycles. The molecule has 0 aliphatic rings. The van der Waals surface area contributed by atoms with Crippen LogP contribution in [0.1, 0.15) is 48.2 Å². The van der Waals surface area contributed by atoms with Crippen molar-refractivity contribution >= 4 is 71.4 Å². The highest BCUT2D eigenvalue weighted by atomic mass is 32.2. The van der Waals surface area contributed by atoms with E-state index in [9.17, 15) is 0 Å². The summed E-state index contributed by atoms with van der Waals surface area (Å²) in [4.78, 5) is 0.116. The van der Waals surface area contributed by atoms with Crippen LogP contribution in [0, 0.1) is 13.8 Å². The van der Waals surface area contributed by atoms with Crippen LogP contribution in [0.4, 0.5) is 0 Å². The molecule has 0 saturated carbocycles. The topological polar surface area (TPSA) is 81.4 Å². The quantitative estimate of drug-likeness (QED) is 0.145. The molecule has 0 N–H and O–H groups in total. The van der Waals surface area contributed by atoms with E-state index in [1.807, 2.05) is 161 Å². The average molecular weight is 846 g/mol. The molecular formula is C50H44N3O4PS2. The molecule has 300 valence electrons. The summed E-state index contributed by atoms with van der Waals surface area (Å²) >= 11 is 0. The summed E-state index contributed by atoms with van der Waals surface area (Å²) in [7, 11) is -11.7. The Morgan fingerprint density at radius 2 is 0.783 bits per heavy atom. The van der Waals surface area contributed by atoms with Crippen molar-refractivity contribution in [3.8, 4) is 0 Å². The van der Waals surface area contributed by atoms with Crippen molar-refractivity contribution in [2.45, 2.75) is 49.6 Å². The minimum Gasteiger partial charge on any atom is -0.218 e. The van der Waals surface area contributed by atoms with Crippen molar-refractivity contribution < 1.29 is 16.8 Å². The molecule has 2 atom stereocenters. The van der Waals surface area contributed by atoms with E-state index in [2.05, 4.69) is 4.67 Å². The first-order valence-corrected chi connectivity index (χ1v) is 24.0. The first-order valence-electron chi connectivity index (χ1n) is 19.9. The van der Waals surface area contributed by atoms with E-state index in [1.54, 1.807) is 48.5 Å². The van der Waals surface area contributed by atoms with Crippen molar-refractivity contribution in [1.82, 2.24) is 7.47 Å². The average Bonchev–Trinajstić information content (AvgIpc) is 3.41. The van der Waals surface area contributed by atoms with Crippen molar-refractivity contribution in [3.63, 3.8) is 0 Å². The van der Waals surface area contributed by atoms with E-state index in [0.717, 1.165) is 43.8 Å². The SMILES string of the molecule is Cc1ccc(S(=O)(=O)n2c3ccc4ccccc4c3c3c4ccccc4ccc3n(S(=O)(=O)c3ccc(C)cc3)p2N([C@H](C)c2ccccc2)[C@H](C)c2ccccc2)cc1. The maximum Gasteiger partial charge on any atom is 0.273 e. The third kappa shape index (κ3) is 6.72. The summed E-state index contributed by atoms with van der Waals surface area (Å²) in [5.41, 5.74) is 4.40. The van der Waals surface area contributed by atoms with Crippen LogP contribution in [-0.2, 0) is 20.0 Å². The minimum absolute atomic E-state index is 0.0582. The lowest BCUT2D eigenvalue weighted by atomic mass is 9.98. The standard InChI is InChI=1S/C50H44N3O4PS2/c1-35-23-29-43(30-24-35)59(54,55)52-47-33-27-41-19-11-13-21-45(41)49(47)50-46-22-14-12-20-42(46)28-34-48(50)53(60(56,57)44-31-25-36(2)26-32-44)58(52)51(37(3)39-15-7-5-8-16-39)38(4)40-17-9-6-10-18-40/h5-34,37-38H,1-4H3/t37-,38-/m1/s1. The van der Waals surface area contributed by atoms with Gasteiger partial charge in [0.1, 0.15) is 8.00 Å². The fourth-order valence-corrected chi connectivity index (χ4v) is 15.8. The second-order valence-electron chi connectivity index (χ2n) is 15.3. The molecule has 9 rings (SSSR count). The molecular weight excluding hydrogens is 802 g/mol. The molecule has 0 aliphatic heterocycles. The van der Waals surface area contributed by atoms with Gasteiger partial charge in [0.2, 0.25) is 0 Å². The third-order valence-corrected chi connectivity index (χ3v) is 18.9. The third-order valence-electron chi connectivity index (χ3n) is 11.5. The van der Waals surface area contributed by atoms with E-state index < -0.39 is 40.1 Å². The van der Waals surface area contributed by atoms with Crippen molar-refractivity contribution in [2.24, 2.45) is 0 Å². The summed E-state index contributed by atoms with van der Waals surface area (Å²) in [6, 6.07) is 55.9. The Labute approximate surface area is 352 Å². The van der Waals surface area contributed by atoms with E-state index in [4.69, 9.17) is 0 Å². The highest BCUT2D eigenvalue weighted by Gasteiger charge is 2.37. The van der Waals surface area contributed by atoms with Crippen LogP contribution < -0.4 is 4.67 Å². The van der Waals surface area contributed by atoms with Gasteiger partial charge in [-0.25, -0.2) is 21.5 Å². The van der Waals surface area contributed by atoms with Crippen molar-refractivity contribution in [3.05, 3.63) is 204 Å². The first kappa shape index (κ1) is 39.5. The Morgan fingerprint density at radius 3 is 1.17 bits per heavy atom. The number of aromatic nitrogens is 2. The van der Waals surface area contributed by atoms with Gasteiger partial charge in [-0.15, -0.1) is 0 Å². The van der Waals surface area contributed by atoms with E-state index in [0.29, 0.717) is 21.8 Å². The largest absolute Gasteiger partial charge is 0.273 e. The van der Waals surface area contributed by atoms with Crippen LogP contribution in [0.5, 0.6) is 0 Å². The van der Waals surface area contributed by atoms with Gasteiger partial charge in [0.25, 0.3) is 20.0 Å². The lowest BCUT2D eigenvalue weighted by Crippen LogP contribution is -2.33. The normalized spacial score (nSPS) is 13.3. The van der Waals surface area contributed by atoms with Crippen LogP contribution in [0.3, 0.4) is 0 Å². The van der Waals surface area contributed by atoms with E-state index in [-0.39, 0.29) is 9.79 Å². The molecule has 0 aliphatic carbocycles. The summed E-state index contributed by atoms with van der Waals surface area (Å²) < 4.78 is 69.6. The Bertz CT molecular complexity index is 3120. The Kier molecular flexibility index (Phi) is 10.3. The number of benzene rings is 8. The Balaban J connectivity index is 1.65. The molecule has 0 radical (unpaired) electrons. The van der Waals surface area contributed by atoms with E-state index >= 15 is 16.8 Å². The zero-order chi connectivity index (χ0) is 41.8. The molecule has 60 heavy (non-hydrogen) atoms. The van der Waals surface area contributed by atoms with Gasteiger partial charge in [-0.1, -0.05) is 157 Å². The molecule has 8 aromatic carbocycles. The molecule has 0 amide bonds. The monoisotopic (exact) mass is 845 g/mol. The fourth-order valence-electron chi connectivity index (χ4n) is 8.30. The highest BCUT2D eigenvalue weighted by Crippen LogP contribution is 2.51. The van der Waals surface area contributed by atoms with Crippen LogP contribution in [0.15, 0.2) is 192 Å². The zero-order valence-corrected chi connectivity index (χ0v) is 36.2. The molecule has 0 unspecified atom stereocenters. The van der Waals surface area contributed by atoms with Gasteiger partial charge in [0, 0.05) is 22.9 Å². The number of nitrogens with zero attached hydrogens (tertiary/aromatic N) is 3. The number of rotatable bonds is 9. The second kappa shape index (κ2) is 15.6. The number of aryl methyl sites for hydroxylation is 2. The number of hydrogen-bond donors (Lipinski definition) is 0. The van der Waals surface area contributed by atoms with E-state index in [1.165, 1.54) is 7.47 Å².